The number of alkyl halides is 1. The van der Waals surface area contributed by atoms with Crippen LogP contribution in [-0.2, 0) is 0 Å². The Morgan fingerprint density at radius 2 is 1.78 bits per heavy atom. The molecule has 0 spiro atoms. The largest absolute Gasteiger partial charge is 0.469 e. The number of halogens is 1. The van der Waals surface area contributed by atoms with Crippen LogP contribution in [0.5, 0.6) is 5.88 Å². The summed E-state index contributed by atoms with van der Waals surface area (Å²) in [6.45, 7) is -1.12. The summed E-state index contributed by atoms with van der Waals surface area (Å²) >= 11 is 0. The lowest BCUT2D eigenvalue weighted by Crippen LogP contribution is -2.23. The van der Waals surface area contributed by atoms with E-state index in [1.807, 2.05) is 49.3 Å². The maximum absolute atomic E-state index is 12.5. The van der Waals surface area contributed by atoms with Gasteiger partial charge in [-0.2, -0.15) is 0 Å². The fraction of sp³-hybridized carbons (Fsp3) is 0.278. The Bertz CT molecular complexity index is 620. The van der Waals surface area contributed by atoms with Gasteiger partial charge in [-0.05, 0) is 29.3 Å². The second-order valence-electron chi connectivity index (χ2n) is 5.33. The minimum atomic E-state index is -0.862. The molecule has 1 heterocycles. The molecule has 0 fully saturated rings. The van der Waals surface area contributed by atoms with Crippen LogP contribution in [0.25, 0.3) is 12.2 Å². The first-order valence-electron chi connectivity index (χ1n) is 7.37. The first kappa shape index (κ1) is 17.0. The molecular formula is C18H21FN2O2. The van der Waals surface area contributed by atoms with Gasteiger partial charge in [0.1, 0.15) is 6.67 Å². The molecule has 0 aliphatic rings. The van der Waals surface area contributed by atoms with E-state index in [0.717, 1.165) is 16.8 Å². The van der Waals surface area contributed by atoms with Gasteiger partial charge in [-0.15, -0.1) is 0 Å². The summed E-state index contributed by atoms with van der Waals surface area (Å²) in [5.74, 6) is 0.300. The van der Waals surface area contributed by atoms with Crippen LogP contribution in [0.4, 0.5) is 10.1 Å². The number of benzene rings is 1. The minimum Gasteiger partial charge on any atom is -0.469 e. The van der Waals surface area contributed by atoms with Crippen LogP contribution >= 0.6 is 0 Å². The minimum absolute atomic E-state index is 0.300. The zero-order valence-electron chi connectivity index (χ0n) is 13.3. The molecule has 0 amide bonds. The van der Waals surface area contributed by atoms with Crippen LogP contribution in [0.3, 0.4) is 0 Å². The number of aliphatic hydroxyl groups is 1. The van der Waals surface area contributed by atoms with Crippen molar-refractivity contribution in [1.29, 1.82) is 0 Å². The molecule has 0 bridgehead atoms. The lowest BCUT2D eigenvalue weighted by atomic mass is 10.1. The zero-order chi connectivity index (χ0) is 16.7. The predicted molar refractivity (Wildman–Crippen MR) is 91.4 cm³/mol. The standard InChI is InChI=1S/C18H21FN2O2/c1-21(2)16-8-5-14(6-9-16)3-4-15-7-10-18(20-12-15)23-17(11-19)13-22/h3-10,12,17,22H,11,13H2,1-2H3/b4-3+. The highest BCUT2D eigenvalue weighted by molar-refractivity contribution is 5.70. The lowest BCUT2D eigenvalue weighted by Gasteiger charge is -2.12. The highest BCUT2D eigenvalue weighted by atomic mass is 19.1. The van der Waals surface area contributed by atoms with Gasteiger partial charge in [0.15, 0.2) is 6.10 Å². The molecule has 1 aromatic carbocycles. The third kappa shape index (κ3) is 5.07. The van der Waals surface area contributed by atoms with E-state index in [2.05, 4.69) is 17.1 Å². The van der Waals surface area contributed by atoms with Crippen molar-refractivity contribution in [2.45, 2.75) is 6.10 Å². The van der Waals surface area contributed by atoms with Gasteiger partial charge >= 0.3 is 0 Å². The van der Waals surface area contributed by atoms with E-state index >= 15 is 0 Å². The van der Waals surface area contributed by atoms with Gasteiger partial charge in [0, 0.05) is 32.0 Å². The van der Waals surface area contributed by atoms with E-state index < -0.39 is 12.8 Å². The van der Waals surface area contributed by atoms with Gasteiger partial charge in [0.05, 0.1) is 6.61 Å². The molecule has 1 aromatic heterocycles. The van der Waals surface area contributed by atoms with Crippen molar-refractivity contribution in [3.8, 4) is 5.88 Å². The average molecular weight is 316 g/mol. The fourth-order valence-corrected chi connectivity index (χ4v) is 1.92. The number of ether oxygens (including phenoxy) is 1. The Labute approximate surface area is 135 Å². The molecule has 0 aliphatic carbocycles. The second kappa shape index (κ2) is 8.29. The first-order valence-corrected chi connectivity index (χ1v) is 7.37. The topological polar surface area (TPSA) is 45.6 Å². The summed E-state index contributed by atoms with van der Waals surface area (Å²) in [4.78, 5) is 6.15. The van der Waals surface area contributed by atoms with Gasteiger partial charge in [-0.25, -0.2) is 9.37 Å². The molecule has 0 radical (unpaired) electrons. The monoisotopic (exact) mass is 316 g/mol. The molecule has 1 atom stereocenters. The number of rotatable bonds is 7. The molecule has 1 N–H and O–H groups in total. The zero-order valence-corrected chi connectivity index (χ0v) is 13.3. The maximum atomic E-state index is 12.5. The molecule has 2 rings (SSSR count). The highest BCUT2D eigenvalue weighted by Gasteiger charge is 2.08. The molecule has 2 aromatic rings. The third-order valence-electron chi connectivity index (χ3n) is 3.30. The second-order valence-corrected chi connectivity index (χ2v) is 5.33. The molecule has 122 valence electrons. The predicted octanol–water partition coefficient (Wildman–Crippen LogP) is 3.03. The van der Waals surface area contributed by atoms with E-state index in [1.165, 1.54) is 0 Å². The van der Waals surface area contributed by atoms with Gasteiger partial charge in [0.25, 0.3) is 0 Å². The quantitative estimate of drug-likeness (QED) is 0.853. The van der Waals surface area contributed by atoms with Gasteiger partial charge in [-0.3, -0.25) is 0 Å². The fourth-order valence-electron chi connectivity index (χ4n) is 1.92. The number of anilines is 1. The van der Waals surface area contributed by atoms with Crippen LogP contribution < -0.4 is 9.64 Å². The van der Waals surface area contributed by atoms with Crippen LogP contribution in [0.1, 0.15) is 11.1 Å². The normalized spacial score (nSPS) is 12.3. The van der Waals surface area contributed by atoms with E-state index in [0.29, 0.717) is 5.88 Å². The average Bonchev–Trinajstić information content (AvgIpc) is 2.59. The molecular weight excluding hydrogens is 295 g/mol. The third-order valence-corrected chi connectivity index (χ3v) is 3.30. The summed E-state index contributed by atoms with van der Waals surface area (Å²) in [5.41, 5.74) is 3.15. The molecule has 0 saturated heterocycles. The van der Waals surface area contributed by atoms with Crippen LogP contribution in [0.15, 0.2) is 42.6 Å². The number of aromatic nitrogens is 1. The molecule has 0 aliphatic heterocycles. The summed E-state index contributed by atoms with van der Waals surface area (Å²) in [5, 5.41) is 8.90. The number of aliphatic hydroxyl groups excluding tert-OH is 1. The summed E-state index contributed by atoms with van der Waals surface area (Å²) < 4.78 is 17.7. The summed E-state index contributed by atoms with van der Waals surface area (Å²) in [6.07, 6.45) is 4.72. The molecule has 23 heavy (non-hydrogen) atoms. The van der Waals surface area contributed by atoms with E-state index in [1.54, 1.807) is 12.3 Å². The lowest BCUT2D eigenvalue weighted by molar-refractivity contribution is 0.0892. The number of hydrogen-bond donors (Lipinski definition) is 1. The Balaban J connectivity index is 1.99. The van der Waals surface area contributed by atoms with Crippen LogP contribution in [0, 0.1) is 0 Å². The van der Waals surface area contributed by atoms with Crippen molar-refractivity contribution in [3.05, 3.63) is 53.7 Å². The Morgan fingerprint density at radius 3 is 2.30 bits per heavy atom. The van der Waals surface area contributed by atoms with Crippen LogP contribution in [0.2, 0.25) is 0 Å². The van der Waals surface area contributed by atoms with E-state index in [4.69, 9.17) is 9.84 Å². The van der Waals surface area contributed by atoms with Crippen molar-refractivity contribution in [3.63, 3.8) is 0 Å². The number of pyridine rings is 1. The SMILES string of the molecule is CN(C)c1ccc(/C=C/c2ccc(OC(CO)CF)nc2)cc1. The Kier molecular flexibility index (Phi) is 6.11. The number of nitrogens with zero attached hydrogens (tertiary/aromatic N) is 2. The molecule has 0 saturated carbocycles. The molecule has 1 unspecified atom stereocenters. The summed E-state index contributed by atoms with van der Waals surface area (Å²) in [7, 11) is 4.01. The van der Waals surface area contributed by atoms with Crippen molar-refractivity contribution in [1.82, 2.24) is 4.98 Å². The van der Waals surface area contributed by atoms with Crippen LogP contribution in [-0.4, -0.2) is 43.6 Å². The van der Waals surface area contributed by atoms with Crippen molar-refractivity contribution in [2.75, 3.05) is 32.3 Å². The Hall–Kier alpha value is -2.40. The molecule has 5 heteroatoms. The number of hydrogen-bond acceptors (Lipinski definition) is 4. The Morgan fingerprint density at radius 1 is 1.13 bits per heavy atom. The smallest absolute Gasteiger partial charge is 0.213 e. The molecule has 4 nitrogen and oxygen atoms in total. The van der Waals surface area contributed by atoms with Gasteiger partial charge in [0.2, 0.25) is 5.88 Å². The van der Waals surface area contributed by atoms with E-state index in [9.17, 15) is 4.39 Å². The van der Waals surface area contributed by atoms with Crippen molar-refractivity contribution in [2.24, 2.45) is 0 Å². The maximum Gasteiger partial charge on any atom is 0.213 e. The highest BCUT2D eigenvalue weighted by Crippen LogP contribution is 2.15. The first-order chi connectivity index (χ1) is 11.1. The van der Waals surface area contributed by atoms with E-state index in [-0.39, 0.29) is 6.61 Å². The van der Waals surface area contributed by atoms with Gasteiger partial charge in [-0.1, -0.05) is 24.3 Å². The van der Waals surface area contributed by atoms with Gasteiger partial charge < -0.3 is 14.7 Å². The van der Waals surface area contributed by atoms with Crippen molar-refractivity contribution >= 4 is 17.8 Å². The van der Waals surface area contributed by atoms with Crippen molar-refractivity contribution < 1.29 is 14.2 Å². The summed E-state index contributed by atoms with van der Waals surface area (Å²) in [6, 6.07) is 11.7.